The number of carbonyl (C=O) groups is 3. The van der Waals surface area contributed by atoms with E-state index in [9.17, 15) is 14.4 Å². The summed E-state index contributed by atoms with van der Waals surface area (Å²) < 4.78 is 0. The predicted molar refractivity (Wildman–Crippen MR) is 51.9 cm³/mol. The molecule has 0 amide bonds. The lowest BCUT2D eigenvalue weighted by Gasteiger charge is -2.32. The summed E-state index contributed by atoms with van der Waals surface area (Å²) in [6, 6.07) is 0. The van der Waals surface area contributed by atoms with Crippen LogP contribution in [0.3, 0.4) is 0 Å². The standard InChI is InChI=1S/C10H14O6/c11-7(12)5-10(8(13)14,9(15)16)4-6-2-1-3-6/h6H,1-5H2,(H,11,12)(H,13,14)(H,15,16). The largest absolute Gasteiger partial charge is 0.481 e. The first-order chi connectivity index (χ1) is 7.38. The van der Waals surface area contributed by atoms with Gasteiger partial charge in [0, 0.05) is 0 Å². The van der Waals surface area contributed by atoms with Crippen LogP contribution >= 0.6 is 0 Å². The smallest absolute Gasteiger partial charge is 0.321 e. The molecule has 0 saturated heterocycles. The Balaban J connectivity index is 2.89. The molecule has 3 N–H and O–H groups in total. The highest BCUT2D eigenvalue weighted by Gasteiger charge is 2.50. The van der Waals surface area contributed by atoms with E-state index in [1.54, 1.807) is 0 Å². The van der Waals surface area contributed by atoms with Gasteiger partial charge >= 0.3 is 17.9 Å². The van der Waals surface area contributed by atoms with Gasteiger partial charge in [-0.3, -0.25) is 14.4 Å². The molecule has 0 bridgehead atoms. The summed E-state index contributed by atoms with van der Waals surface area (Å²) in [7, 11) is 0. The first-order valence-electron chi connectivity index (χ1n) is 5.07. The Morgan fingerprint density at radius 3 is 1.81 bits per heavy atom. The van der Waals surface area contributed by atoms with E-state index >= 15 is 0 Å². The molecule has 6 heteroatoms. The van der Waals surface area contributed by atoms with Gasteiger partial charge in [-0.25, -0.2) is 0 Å². The highest BCUT2D eigenvalue weighted by molar-refractivity contribution is 6.01. The van der Waals surface area contributed by atoms with Crippen LogP contribution in [0.1, 0.15) is 32.1 Å². The van der Waals surface area contributed by atoms with Crippen molar-refractivity contribution in [2.75, 3.05) is 0 Å². The molecule has 0 aliphatic heterocycles. The Morgan fingerprint density at radius 1 is 1.06 bits per heavy atom. The molecule has 16 heavy (non-hydrogen) atoms. The van der Waals surface area contributed by atoms with Crippen LogP contribution in [0, 0.1) is 11.3 Å². The molecule has 0 aromatic heterocycles. The SMILES string of the molecule is O=C(O)CC(CC1CCC1)(C(=O)O)C(=O)O. The minimum Gasteiger partial charge on any atom is -0.481 e. The molecule has 0 unspecified atom stereocenters. The summed E-state index contributed by atoms with van der Waals surface area (Å²) >= 11 is 0. The third-order valence-electron chi connectivity index (χ3n) is 3.13. The zero-order valence-corrected chi connectivity index (χ0v) is 8.68. The fourth-order valence-electron chi connectivity index (χ4n) is 1.94. The molecule has 1 saturated carbocycles. The highest BCUT2D eigenvalue weighted by Crippen LogP contribution is 2.40. The Labute approximate surface area is 91.9 Å². The minimum atomic E-state index is -2.17. The van der Waals surface area contributed by atoms with Gasteiger partial charge in [0.1, 0.15) is 0 Å². The van der Waals surface area contributed by atoms with Crippen LogP contribution in [0.25, 0.3) is 0 Å². The van der Waals surface area contributed by atoms with E-state index < -0.39 is 29.7 Å². The summed E-state index contributed by atoms with van der Waals surface area (Å²) in [5.41, 5.74) is -2.17. The summed E-state index contributed by atoms with van der Waals surface area (Å²) in [5, 5.41) is 26.6. The zero-order chi connectivity index (χ0) is 12.3. The fraction of sp³-hybridized carbons (Fsp3) is 0.700. The average Bonchev–Trinajstić information content (AvgIpc) is 2.07. The molecule has 6 nitrogen and oxygen atoms in total. The number of carboxylic acids is 3. The van der Waals surface area contributed by atoms with Gasteiger partial charge in [0.2, 0.25) is 0 Å². The maximum atomic E-state index is 11.0. The van der Waals surface area contributed by atoms with Crippen LogP contribution in [0.5, 0.6) is 0 Å². The van der Waals surface area contributed by atoms with E-state index in [0.717, 1.165) is 19.3 Å². The average molecular weight is 230 g/mol. The van der Waals surface area contributed by atoms with Crippen molar-refractivity contribution in [3.8, 4) is 0 Å². The van der Waals surface area contributed by atoms with Crippen molar-refractivity contribution in [2.45, 2.75) is 32.1 Å². The molecular weight excluding hydrogens is 216 g/mol. The molecule has 1 fully saturated rings. The van der Waals surface area contributed by atoms with Gasteiger partial charge in [-0.2, -0.15) is 0 Å². The molecule has 90 valence electrons. The second kappa shape index (κ2) is 4.51. The van der Waals surface area contributed by atoms with Crippen LogP contribution < -0.4 is 0 Å². The van der Waals surface area contributed by atoms with E-state index in [2.05, 4.69) is 0 Å². The fourth-order valence-corrected chi connectivity index (χ4v) is 1.94. The molecule has 0 spiro atoms. The van der Waals surface area contributed by atoms with Crippen LogP contribution in [-0.4, -0.2) is 33.2 Å². The highest BCUT2D eigenvalue weighted by atomic mass is 16.4. The van der Waals surface area contributed by atoms with E-state index in [1.165, 1.54) is 0 Å². The van der Waals surface area contributed by atoms with Crippen LogP contribution in [0.2, 0.25) is 0 Å². The molecule has 0 aromatic rings. The van der Waals surface area contributed by atoms with Gasteiger partial charge in [-0.15, -0.1) is 0 Å². The third kappa shape index (κ3) is 2.32. The molecule has 1 aliphatic carbocycles. The van der Waals surface area contributed by atoms with Crippen molar-refractivity contribution in [2.24, 2.45) is 11.3 Å². The zero-order valence-electron chi connectivity index (χ0n) is 8.68. The Kier molecular flexibility index (Phi) is 3.51. The molecule has 0 atom stereocenters. The topological polar surface area (TPSA) is 112 Å². The van der Waals surface area contributed by atoms with Crippen molar-refractivity contribution in [3.05, 3.63) is 0 Å². The molecule has 1 aliphatic rings. The van der Waals surface area contributed by atoms with Crippen molar-refractivity contribution >= 4 is 17.9 Å². The molecule has 0 radical (unpaired) electrons. The summed E-state index contributed by atoms with van der Waals surface area (Å²) in [4.78, 5) is 32.6. The van der Waals surface area contributed by atoms with Crippen LogP contribution in [0.15, 0.2) is 0 Å². The number of hydrogen-bond donors (Lipinski definition) is 3. The molecule has 0 heterocycles. The second-order valence-electron chi connectivity index (χ2n) is 4.26. The number of carboxylic acid groups (broad SMARTS) is 3. The minimum absolute atomic E-state index is 0.0200. The normalized spacial score (nSPS) is 16.5. The number of hydrogen-bond acceptors (Lipinski definition) is 3. The molecule has 0 aromatic carbocycles. The number of rotatable bonds is 6. The Bertz CT molecular complexity index is 303. The summed E-state index contributed by atoms with van der Waals surface area (Å²) in [6.45, 7) is 0. The van der Waals surface area contributed by atoms with E-state index in [4.69, 9.17) is 15.3 Å². The van der Waals surface area contributed by atoms with Gasteiger partial charge in [0.15, 0.2) is 5.41 Å². The quantitative estimate of drug-likeness (QED) is 0.582. The lowest BCUT2D eigenvalue weighted by Crippen LogP contribution is -2.43. The van der Waals surface area contributed by atoms with E-state index in [1.807, 2.05) is 0 Å². The summed E-state index contributed by atoms with van der Waals surface area (Å²) in [5.74, 6) is -4.50. The van der Waals surface area contributed by atoms with Crippen LogP contribution in [0.4, 0.5) is 0 Å². The van der Waals surface area contributed by atoms with E-state index in [-0.39, 0.29) is 12.3 Å². The van der Waals surface area contributed by atoms with Gasteiger partial charge < -0.3 is 15.3 Å². The first-order valence-corrected chi connectivity index (χ1v) is 5.07. The maximum absolute atomic E-state index is 11.0. The predicted octanol–water partition coefficient (Wildman–Crippen LogP) is 0.807. The van der Waals surface area contributed by atoms with Gasteiger partial charge in [0.25, 0.3) is 0 Å². The van der Waals surface area contributed by atoms with Gasteiger partial charge in [-0.05, 0) is 12.3 Å². The van der Waals surface area contributed by atoms with Crippen molar-refractivity contribution in [3.63, 3.8) is 0 Å². The van der Waals surface area contributed by atoms with E-state index in [0.29, 0.717) is 0 Å². The van der Waals surface area contributed by atoms with Crippen molar-refractivity contribution in [1.82, 2.24) is 0 Å². The number of aliphatic carboxylic acids is 3. The first kappa shape index (κ1) is 12.5. The molecular formula is C10H14O6. The molecule has 1 rings (SSSR count). The lowest BCUT2D eigenvalue weighted by molar-refractivity contribution is -0.171. The third-order valence-corrected chi connectivity index (χ3v) is 3.13. The van der Waals surface area contributed by atoms with Crippen LogP contribution in [-0.2, 0) is 14.4 Å². The van der Waals surface area contributed by atoms with Crippen molar-refractivity contribution < 1.29 is 29.7 Å². The van der Waals surface area contributed by atoms with Gasteiger partial charge in [-0.1, -0.05) is 19.3 Å². The summed E-state index contributed by atoms with van der Waals surface area (Å²) in [6.07, 6.45) is 1.55. The second-order valence-corrected chi connectivity index (χ2v) is 4.26. The monoisotopic (exact) mass is 230 g/mol. The van der Waals surface area contributed by atoms with Crippen molar-refractivity contribution in [1.29, 1.82) is 0 Å². The Hall–Kier alpha value is -1.59. The maximum Gasteiger partial charge on any atom is 0.321 e. The van der Waals surface area contributed by atoms with Gasteiger partial charge in [0.05, 0.1) is 6.42 Å². The Morgan fingerprint density at radius 2 is 1.56 bits per heavy atom. The lowest BCUT2D eigenvalue weighted by atomic mass is 9.70.